The van der Waals surface area contributed by atoms with E-state index in [1.54, 1.807) is 0 Å². The SMILES string of the molecule is CNCCCCCCc1ccc(N(C=O)C2CCC(=O)NC2=O)c(N(C)C)c1. The van der Waals surface area contributed by atoms with Crippen LogP contribution >= 0.6 is 0 Å². The average Bonchev–Trinajstić information content (AvgIpc) is 2.67. The molecule has 1 atom stereocenters. The summed E-state index contributed by atoms with van der Waals surface area (Å²) in [5.41, 5.74) is 2.80. The summed E-state index contributed by atoms with van der Waals surface area (Å²) < 4.78 is 0. The molecule has 0 spiro atoms. The second kappa shape index (κ2) is 10.8. The number of carbonyl (C=O) groups excluding carboxylic acids is 3. The summed E-state index contributed by atoms with van der Waals surface area (Å²) in [6, 6.07) is 5.36. The number of aryl methyl sites for hydroxylation is 1. The molecule has 1 aliphatic rings. The lowest BCUT2D eigenvalue weighted by atomic mass is 10.0. The fraction of sp³-hybridized carbons (Fsp3) is 0.571. The Morgan fingerprint density at radius 3 is 2.54 bits per heavy atom. The molecule has 0 aromatic heterocycles. The van der Waals surface area contributed by atoms with E-state index in [1.165, 1.54) is 29.7 Å². The number of benzene rings is 1. The first-order valence-corrected chi connectivity index (χ1v) is 10.00. The number of hydrogen-bond acceptors (Lipinski definition) is 5. The van der Waals surface area contributed by atoms with Gasteiger partial charge < -0.3 is 15.1 Å². The van der Waals surface area contributed by atoms with Gasteiger partial charge in [0.25, 0.3) is 0 Å². The summed E-state index contributed by atoms with van der Waals surface area (Å²) in [7, 11) is 5.82. The van der Waals surface area contributed by atoms with Gasteiger partial charge in [0.05, 0.1) is 11.4 Å². The highest BCUT2D eigenvalue weighted by Gasteiger charge is 2.33. The van der Waals surface area contributed by atoms with Crippen molar-refractivity contribution >= 4 is 29.6 Å². The molecule has 7 nitrogen and oxygen atoms in total. The molecule has 1 aromatic carbocycles. The fourth-order valence-electron chi connectivity index (χ4n) is 3.53. The summed E-state index contributed by atoms with van der Waals surface area (Å²) in [4.78, 5) is 38.9. The van der Waals surface area contributed by atoms with Crippen LogP contribution in [0.1, 0.15) is 44.1 Å². The monoisotopic (exact) mass is 388 g/mol. The minimum Gasteiger partial charge on any atom is -0.376 e. The quantitative estimate of drug-likeness (QED) is 0.343. The van der Waals surface area contributed by atoms with Crippen LogP contribution < -0.4 is 20.4 Å². The van der Waals surface area contributed by atoms with Gasteiger partial charge in [0, 0.05) is 20.5 Å². The van der Waals surface area contributed by atoms with Gasteiger partial charge in [0.15, 0.2) is 0 Å². The Labute approximate surface area is 167 Å². The zero-order valence-corrected chi connectivity index (χ0v) is 17.2. The van der Waals surface area contributed by atoms with E-state index < -0.39 is 11.9 Å². The number of nitrogens with one attached hydrogen (secondary N) is 2. The number of hydrogen-bond donors (Lipinski definition) is 2. The molecular weight excluding hydrogens is 356 g/mol. The summed E-state index contributed by atoms with van der Waals surface area (Å²) in [6.07, 6.45) is 6.97. The zero-order chi connectivity index (χ0) is 20.5. The number of carbonyl (C=O) groups is 3. The molecule has 1 heterocycles. The Hall–Kier alpha value is -2.41. The number of unbranched alkanes of at least 4 members (excludes halogenated alkanes) is 3. The molecule has 1 fully saturated rings. The van der Waals surface area contributed by atoms with Gasteiger partial charge in [0.1, 0.15) is 6.04 Å². The van der Waals surface area contributed by atoms with Gasteiger partial charge in [-0.05, 0) is 57.0 Å². The van der Waals surface area contributed by atoms with Crippen molar-refractivity contribution in [3.63, 3.8) is 0 Å². The first kappa shape index (κ1) is 21.9. The highest BCUT2D eigenvalue weighted by Crippen LogP contribution is 2.32. The smallest absolute Gasteiger partial charge is 0.249 e. The standard InChI is InChI=1S/C21H32N4O3/c1-22-13-7-5-4-6-8-16-9-10-17(19(14-16)24(2)3)25(15-26)18-11-12-20(27)23-21(18)28/h9-10,14-15,18,22H,4-8,11-13H2,1-3H3,(H,23,27,28). The third kappa shape index (κ3) is 5.79. The van der Waals surface area contributed by atoms with E-state index in [4.69, 9.17) is 0 Å². The fourth-order valence-corrected chi connectivity index (χ4v) is 3.53. The predicted molar refractivity (Wildman–Crippen MR) is 112 cm³/mol. The molecule has 1 aliphatic heterocycles. The van der Waals surface area contributed by atoms with Gasteiger partial charge in [-0.3, -0.25) is 19.7 Å². The van der Waals surface area contributed by atoms with Gasteiger partial charge in [-0.2, -0.15) is 0 Å². The van der Waals surface area contributed by atoms with Crippen LogP contribution in [0.5, 0.6) is 0 Å². The largest absolute Gasteiger partial charge is 0.376 e. The van der Waals surface area contributed by atoms with Crippen LogP contribution in [-0.4, -0.2) is 52.0 Å². The van der Waals surface area contributed by atoms with Crippen LogP contribution in [-0.2, 0) is 20.8 Å². The summed E-state index contributed by atoms with van der Waals surface area (Å²) >= 11 is 0. The van der Waals surface area contributed by atoms with Crippen LogP contribution in [0.4, 0.5) is 11.4 Å². The normalized spacial score (nSPS) is 16.6. The summed E-state index contributed by atoms with van der Waals surface area (Å²) in [5.74, 6) is -0.705. The Morgan fingerprint density at radius 2 is 1.89 bits per heavy atom. The molecule has 28 heavy (non-hydrogen) atoms. The van der Waals surface area contributed by atoms with Crippen molar-refractivity contribution in [2.75, 3.05) is 37.5 Å². The number of anilines is 2. The second-order valence-electron chi connectivity index (χ2n) is 7.46. The number of amides is 3. The lowest BCUT2D eigenvalue weighted by Crippen LogP contribution is -2.52. The maximum atomic E-state index is 12.2. The van der Waals surface area contributed by atoms with Crippen molar-refractivity contribution in [1.82, 2.24) is 10.6 Å². The van der Waals surface area contributed by atoms with Crippen molar-refractivity contribution in [2.45, 2.75) is 51.0 Å². The van der Waals surface area contributed by atoms with Gasteiger partial charge in [0.2, 0.25) is 18.2 Å². The molecule has 0 bridgehead atoms. The maximum absolute atomic E-state index is 12.2. The third-order valence-corrected chi connectivity index (χ3v) is 5.10. The maximum Gasteiger partial charge on any atom is 0.249 e. The molecule has 1 saturated heterocycles. The van der Waals surface area contributed by atoms with Crippen molar-refractivity contribution < 1.29 is 14.4 Å². The third-order valence-electron chi connectivity index (χ3n) is 5.10. The van der Waals surface area contributed by atoms with Crippen molar-refractivity contribution in [3.05, 3.63) is 23.8 Å². The molecule has 3 amide bonds. The van der Waals surface area contributed by atoms with Crippen molar-refractivity contribution in [3.8, 4) is 0 Å². The number of imide groups is 1. The van der Waals surface area contributed by atoms with Crippen molar-refractivity contribution in [1.29, 1.82) is 0 Å². The Bertz CT molecular complexity index is 690. The number of rotatable bonds is 11. The minimum absolute atomic E-state index is 0.240. The lowest BCUT2D eigenvalue weighted by molar-refractivity contribution is -0.134. The van der Waals surface area contributed by atoms with Crippen LogP contribution in [0, 0.1) is 0 Å². The molecule has 0 saturated carbocycles. The number of nitrogens with zero attached hydrogens (tertiary/aromatic N) is 2. The van der Waals surface area contributed by atoms with Gasteiger partial charge >= 0.3 is 0 Å². The van der Waals surface area contributed by atoms with Crippen LogP contribution in [0.3, 0.4) is 0 Å². The molecule has 154 valence electrons. The van der Waals surface area contributed by atoms with Crippen LogP contribution in [0.15, 0.2) is 18.2 Å². The molecule has 7 heteroatoms. The lowest BCUT2D eigenvalue weighted by Gasteiger charge is -2.32. The Kier molecular flexibility index (Phi) is 8.44. The van der Waals surface area contributed by atoms with Crippen LogP contribution in [0.25, 0.3) is 0 Å². The molecule has 1 unspecified atom stereocenters. The zero-order valence-electron chi connectivity index (χ0n) is 17.2. The number of piperidine rings is 1. The first-order valence-electron chi connectivity index (χ1n) is 10.00. The van der Waals surface area contributed by atoms with E-state index in [0.717, 1.165) is 25.1 Å². The molecule has 0 radical (unpaired) electrons. The van der Waals surface area contributed by atoms with E-state index in [0.29, 0.717) is 18.5 Å². The van der Waals surface area contributed by atoms with Crippen molar-refractivity contribution in [2.24, 2.45) is 0 Å². The highest BCUT2D eigenvalue weighted by molar-refractivity contribution is 6.04. The average molecular weight is 389 g/mol. The van der Waals surface area contributed by atoms with Crippen LogP contribution in [0.2, 0.25) is 0 Å². The topological polar surface area (TPSA) is 81.8 Å². The first-order chi connectivity index (χ1) is 13.5. The van der Waals surface area contributed by atoms with Gasteiger partial charge in [-0.25, -0.2) is 0 Å². The van der Waals surface area contributed by atoms with E-state index in [-0.39, 0.29) is 12.3 Å². The highest BCUT2D eigenvalue weighted by atomic mass is 16.2. The molecular formula is C21H32N4O3. The summed E-state index contributed by atoms with van der Waals surface area (Å²) in [5, 5.41) is 5.49. The molecule has 2 N–H and O–H groups in total. The molecule has 1 aromatic rings. The predicted octanol–water partition coefficient (Wildman–Crippen LogP) is 1.84. The van der Waals surface area contributed by atoms with Gasteiger partial charge in [-0.1, -0.05) is 18.9 Å². The minimum atomic E-state index is -0.660. The summed E-state index contributed by atoms with van der Waals surface area (Å²) in [6.45, 7) is 1.06. The Balaban J connectivity index is 2.11. The van der Waals surface area contributed by atoms with E-state index in [1.807, 2.05) is 38.2 Å². The van der Waals surface area contributed by atoms with Gasteiger partial charge in [-0.15, -0.1) is 0 Å². The van der Waals surface area contributed by atoms with E-state index >= 15 is 0 Å². The molecule has 0 aliphatic carbocycles. The van der Waals surface area contributed by atoms with E-state index in [2.05, 4.69) is 16.7 Å². The molecule has 2 rings (SSSR count). The van der Waals surface area contributed by atoms with E-state index in [9.17, 15) is 14.4 Å². The Morgan fingerprint density at radius 1 is 1.14 bits per heavy atom. The second-order valence-corrected chi connectivity index (χ2v) is 7.46.